The Labute approximate surface area is 126 Å². The summed E-state index contributed by atoms with van der Waals surface area (Å²) in [6, 6.07) is 5.65. The van der Waals surface area contributed by atoms with Crippen LogP contribution in [0.4, 0.5) is 4.39 Å². The third kappa shape index (κ3) is 3.62. The number of hydrogen-bond donors (Lipinski definition) is 1. The van der Waals surface area contributed by atoms with Gasteiger partial charge in [-0.1, -0.05) is 19.1 Å². The van der Waals surface area contributed by atoms with Gasteiger partial charge in [0, 0.05) is 18.6 Å². The van der Waals surface area contributed by atoms with Crippen molar-refractivity contribution < 1.29 is 12.8 Å². The molecular formula is C15H23FN2O2S. The first-order chi connectivity index (χ1) is 9.96. The highest BCUT2D eigenvalue weighted by Crippen LogP contribution is 2.28. The van der Waals surface area contributed by atoms with Crippen molar-refractivity contribution in [3.63, 3.8) is 0 Å². The van der Waals surface area contributed by atoms with Gasteiger partial charge in [-0.05, 0) is 44.2 Å². The van der Waals surface area contributed by atoms with Crippen LogP contribution in [-0.2, 0) is 10.0 Å². The van der Waals surface area contributed by atoms with Gasteiger partial charge in [-0.25, -0.2) is 12.8 Å². The minimum absolute atomic E-state index is 0.0747. The Morgan fingerprint density at radius 2 is 1.86 bits per heavy atom. The van der Waals surface area contributed by atoms with E-state index in [9.17, 15) is 12.8 Å². The molecule has 2 rings (SSSR count). The Hall–Kier alpha value is -0.980. The SMILES string of the molecule is CCCN(C1CCC(N)CC1)S(=O)(=O)c1ccccc1F. The van der Waals surface area contributed by atoms with Crippen LogP contribution in [0.1, 0.15) is 39.0 Å². The highest BCUT2D eigenvalue weighted by atomic mass is 32.2. The average molecular weight is 314 g/mol. The number of nitrogens with two attached hydrogens (primary N) is 1. The predicted molar refractivity (Wildman–Crippen MR) is 80.8 cm³/mol. The molecule has 1 aliphatic carbocycles. The third-order valence-corrected chi connectivity index (χ3v) is 6.00. The van der Waals surface area contributed by atoms with Crippen LogP contribution in [0.2, 0.25) is 0 Å². The first-order valence-corrected chi connectivity index (χ1v) is 8.92. The zero-order valence-electron chi connectivity index (χ0n) is 12.3. The van der Waals surface area contributed by atoms with E-state index in [2.05, 4.69) is 0 Å². The second kappa shape index (κ2) is 6.85. The second-order valence-corrected chi connectivity index (χ2v) is 7.47. The molecule has 0 aromatic heterocycles. The standard InChI is InChI=1S/C15H23FN2O2S/c1-2-11-18(13-9-7-12(17)8-10-13)21(19,20)15-6-4-3-5-14(15)16/h3-6,12-13H,2,7-11,17H2,1H3. The first kappa shape index (κ1) is 16.4. The smallest absolute Gasteiger partial charge is 0.246 e. The van der Waals surface area contributed by atoms with E-state index in [-0.39, 0.29) is 17.0 Å². The molecule has 0 heterocycles. The van der Waals surface area contributed by atoms with Crippen LogP contribution in [0, 0.1) is 5.82 Å². The Balaban J connectivity index is 2.31. The molecule has 21 heavy (non-hydrogen) atoms. The number of halogens is 1. The molecule has 2 N–H and O–H groups in total. The Morgan fingerprint density at radius 1 is 1.24 bits per heavy atom. The van der Waals surface area contributed by atoms with E-state index >= 15 is 0 Å². The fourth-order valence-electron chi connectivity index (χ4n) is 2.89. The lowest BCUT2D eigenvalue weighted by Gasteiger charge is -2.35. The highest BCUT2D eigenvalue weighted by Gasteiger charge is 2.34. The highest BCUT2D eigenvalue weighted by molar-refractivity contribution is 7.89. The van der Waals surface area contributed by atoms with Crippen molar-refractivity contribution in [2.75, 3.05) is 6.54 Å². The largest absolute Gasteiger partial charge is 0.328 e. The van der Waals surface area contributed by atoms with Gasteiger partial charge < -0.3 is 5.73 Å². The van der Waals surface area contributed by atoms with E-state index in [4.69, 9.17) is 5.73 Å². The summed E-state index contributed by atoms with van der Waals surface area (Å²) in [6.07, 6.45) is 3.83. The summed E-state index contributed by atoms with van der Waals surface area (Å²) in [4.78, 5) is -0.228. The molecule has 1 saturated carbocycles. The Kier molecular flexibility index (Phi) is 5.35. The average Bonchev–Trinajstić information content (AvgIpc) is 2.46. The maximum Gasteiger partial charge on any atom is 0.246 e. The molecule has 0 bridgehead atoms. The summed E-state index contributed by atoms with van der Waals surface area (Å²) in [5, 5.41) is 0. The molecule has 0 amide bonds. The van der Waals surface area contributed by atoms with Crippen molar-refractivity contribution in [1.29, 1.82) is 0 Å². The molecule has 1 aromatic carbocycles. The van der Waals surface area contributed by atoms with E-state index in [0.29, 0.717) is 13.0 Å². The van der Waals surface area contributed by atoms with Gasteiger partial charge in [-0.2, -0.15) is 4.31 Å². The molecule has 0 spiro atoms. The van der Waals surface area contributed by atoms with E-state index in [1.54, 1.807) is 6.07 Å². The van der Waals surface area contributed by atoms with Gasteiger partial charge in [0.25, 0.3) is 0 Å². The van der Waals surface area contributed by atoms with Crippen molar-refractivity contribution in [1.82, 2.24) is 4.31 Å². The molecule has 1 aromatic rings. The zero-order valence-corrected chi connectivity index (χ0v) is 13.2. The predicted octanol–water partition coefficient (Wildman–Crippen LogP) is 2.50. The fourth-order valence-corrected chi connectivity index (χ4v) is 4.73. The maximum atomic E-state index is 13.9. The van der Waals surface area contributed by atoms with Crippen LogP contribution in [0.3, 0.4) is 0 Å². The normalized spacial score (nSPS) is 23.4. The van der Waals surface area contributed by atoms with Gasteiger partial charge >= 0.3 is 0 Å². The fraction of sp³-hybridized carbons (Fsp3) is 0.600. The minimum atomic E-state index is -3.79. The number of hydrogen-bond acceptors (Lipinski definition) is 3. The van der Waals surface area contributed by atoms with Crippen LogP contribution >= 0.6 is 0 Å². The summed E-state index contributed by atoms with van der Waals surface area (Å²) >= 11 is 0. The molecule has 0 saturated heterocycles. The third-order valence-electron chi connectivity index (χ3n) is 4.02. The number of rotatable bonds is 5. The number of sulfonamides is 1. The second-order valence-electron chi connectivity index (χ2n) is 5.61. The van der Waals surface area contributed by atoms with Gasteiger partial charge in [0.15, 0.2) is 0 Å². The van der Waals surface area contributed by atoms with Crippen molar-refractivity contribution in [2.45, 2.75) is 56.0 Å². The number of nitrogens with zero attached hydrogens (tertiary/aromatic N) is 1. The minimum Gasteiger partial charge on any atom is -0.328 e. The lowest BCUT2D eigenvalue weighted by molar-refractivity contribution is 0.239. The van der Waals surface area contributed by atoms with Gasteiger partial charge in [0.05, 0.1) is 0 Å². The zero-order chi connectivity index (χ0) is 15.5. The molecule has 4 nitrogen and oxygen atoms in total. The lowest BCUT2D eigenvalue weighted by atomic mass is 9.92. The van der Waals surface area contributed by atoms with Gasteiger partial charge in [0.1, 0.15) is 10.7 Å². The topological polar surface area (TPSA) is 63.4 Å². The van der Waals surface area contributed by atoms with E-state index < -0.39 is 15.8 Å². The van der Waals surface area contributed by atoms with Gasteiger partial charge in [0.2, 0.25) is 10.0 Å². The number of benzene rings is 1. The van der Waals surface area contributed by atoms with Crippen molar-refractivity contribution in [3.05, 3.63) is 30.1 Å². The molecule has 118 valence electrons. The molecule has 0 aliphatic heterocycles. The summed E-state index contributed by atoms with van der Waals surface area (Å²) in [5.41, 5.74) is 5.89. The lowest BCUT2D eigenvalue weighted by Crippen LogP contribution is -2.44. The maximum absolute atomic E-state index is 13.9. The Bertz CT molecular complexity index is 569. The molecule has 0 atom stereocenters. The summed E-state index contributed by atoms with van der Waals surface area (Å²) in [7, 11) is -3.79. The Morgan fingerprint density at radius 3 is 2.43 bits per heavy atom. The molecule has 6 heteroatoms. The van der Waals surface area contributed by atoms with Crippen LogP contribution in [-0.4, -0.2) is 31.4 Å². The van der Waals surface area contributed by atoms with E-state index in [1.807, 2.05) is 6.92 Å². The van der Waals surface area contributed by atoms with E-state index in [0.717, 1.165) is 25.7 Å². The van der Waals surface area contributed by atoms with Crippen LogP contribution in [0.25, 0.3) is 0 Å². The van der Waals surface area contributed by atoms with Crippen molar-refractivity contribution in [2.24, 2.45) is 5.73 Å². The van der Waals surface area contributed by atoms with Gasteiger partial charge in [-0.15, -0.1) is 0 Å². The summed E-state index contributed by atoms with van der Waals surface area (Å²) < 4.78 is 40.9. The molecular weight excluding hydrogens is 291 g/mol. The van der Waals surface area contributed by atoms with Crippen molar-refractivity contribution >= 4 is 10.0 Å². The molecule has 1 fully saturated rings. The van der Waals surface area contributed by atoms with Crippen LogP contribution in [0.5, 0.6) is 0 Å². The van der Waals surface area contributed by atoms with E-state index in [1.165, 1.54) is 22.5 Å². The first-order valence-electron chi connectivity index (χ1n) is 7.48. The monoisotopic (exact) mass is 314 g/mol. The molecule has 0 radical (unpaired) electrons. The van der Waals surface area contributed by atoms with Crippen LogP contribution in [0.15, 0.2) is 29.2 Å². The van der Waals surface area contributed by atoms with Crippen LogP contribution < -0.4 is 5.73 Å². The quantitative estimate of drug-likeness (QED) is 0.908. The summed E-state index contributed by atoms with van der Waals surface area (Å²) in [6.45, 7) is 2.34. The summed E-state index contributed by atoms with van der Waals surface area (Å²) in [5.74, 6) is -0.689. The van der Waals surface area contributed by atoms with Gasteiger partial charge in [-0.3, -0.25) is 0 Å². The van der Waals surface area contributed by atoms with Crippen molar-refractivity contribution in [3.8, 4) is 0 Å². The molecule has 1 aliphatic rings. The molecule has 0 unspecified atom stereocenters.